The van der Waals surface area contributed by atoms with Gasteiger partial charge in [-0.05, 0) is 24.6 Å². The molecule has 0 saturated carbocycles. The van der Waals surface area contributed by atoms with Gasteiger partial charge in [-0.25, -0.2) is 12.7 Å². The number of aryl methyl sites for hydroxylation is 1. The van der Waals surface area contributed by atoms with Crippen LogP contribution in [0, 0.1) is 6.92 Å². The molecule has 0 amide bonds. The van der Waals surface area contributed by atoms with Crippen LogP contribution in [-0.2, 0) is 15.8 Å². The van der Waals surface area contributed by atoms with Crippen molar-refractivity contribution in [3.8, 4) is 0 Å². The number of hydrogen-bond acceptors (Lipinski definition) is 4. The van der Waals surface area contributed by atoms with Gasteiger partial charge in [-0.2, -0.15) is 0 Å². The minimum atomic E-state index is -3.52. The number of sulfonamides is 1. The molecule has 1 heterocycles. The molecule has 120 valence electrons. The van der Waals surface area contributed by atoms with Gasteiger partial charge in [-0.15, -0.1) is 0 Å². The van der Waals surface area contributed by atoms with Crippen molar-refractivity contribution >= 4 is 27.0 Å². The minimum Gasteiger partial charge on any atom is -0.260 e. The Hall–Kier alpha value is -1.79. The second kappa shape index (κ2) is 6.76. The summed E-state index contributed by atoms with van der Waals surface area (Å²) in [6.07, 6.45) is 0. The van der Waals surface area contributed by atoms with Crippen LogP contribution in [0.15, 0.2) is 64.5 Å². The van der Waals surface area contributed by atoms with E-state index >= 15 is 0 Å². The molecule has 4 nitrogen and oxygen atoms in total. The average Bonchev–Trinajstić information content (AvgIpc) is 3.04. The van der Waals surface area contributed by atoms with Crippen molar-refractivity contribution in [1.29, 1.82) is 0 Å². The van der Waals surface area contributed by atoms with E-state index < -0.39 is 10.0 Å². The zero-order chi connectivity index (χ0) is 16.3. The van der Waals surface area contributed by atoms with Gasteiger partial charge in [-0.1, -0.05) is 59.8 Å². The summed E-state index contributed by atoms with van der Waals surface area (Å²) in [6.45, 7) is 2.97. The van der Waals surface area contributed by atoms with Crippen LogP contribution in [0.25, 0.3) is 0 Å². The highest BCUT2D eigenvalue weighted by Crippen LogP contribution is 2.25. The first-order chi connectivity index (χ1) is 11.1. The quantitative estimate of drug-likeness (QED) is 0.853. The molecule has 0 spiro atoms. The fourth-order valence-corrected chi connectivity index (χ4v) is 5.00. The molecule has 2 aromatic carbocycles. The third-order valence-corrected chi connectivity index (χ3v) is 6.59. The van der Waals surface area contributed by atoms with Crippen molar-refractivity contribution < 1.29 is 8.42 Å². The van der Waals surface area contributed by atoms with Gasteiger partial charge in [0.25, 0.3) is 10.0 Å². The predicted octanol–water partition coefficient (Wildman–Crippen LogP) is 3.29. The number of thioether (sulfide) groups is 1. The number of rotatable bonds is 4. The summed E-state index contributed by atoms with van der Waals surface area (Å²) < 4.78 is 26.9. The maximum atomic E-state index is 12.7. The van der Waals surface area contributed by atoms with Crippen molar-refractivity contribution in [2.24, 2.45) is 4.99 Å². The van der Waals surface area contributed by atoms with Crippen LogP contribution in [0.4, 0.5) is 0 Å². The van der Waals surface area contributed by atoms with E-state index in [4.69, 9.17) is 0 Å². The lowest BCUT2D eigenvalue weighted by Gasteiger charge is -2.19. The van der Waals surface area contributed by atoms with Crippen LogP contribution in [-0.4, -0.2) is 31.0 Å². The van der Waals surface area contributed by atoms with E-state index in [2.05, 4.69) is 29.3 Å². The summed E-state index contributed by atoms with van der Waals surface area (Å²) in [7, 11) is -3.52. The summed E-state index contributed by atoms with van der Waals surface area (Å²) >= 11 is 1.47. The zero-order valence-corrected chi connectivity index (χ0v) is 14.5. The largest absolute Gasteiger partial charge is 0.265 e. The highest BCUT2D eigenvalue weighted by molar-refractivity contribution is 8.14. The maximum Gasteiger partial charge on any atom is 0.265 e. The summed E-state index contributed by atoms with van der Waals surface area (Å²) in [5.74, 6) is 0.708. The smallest absolute Gasteiger partial charge is 0.260 e. The Kier molecular flexibility index (Phi) is 4.73. The van der Waals surface area contributed by atoms with Crippen molar-refractivity contribution in [1.82, 2.24) is 4.31 Å². The lowest BCUT2D eigenvalue weighted by molar-refractivity contribution is 0.540. The topological polar surface area (TPSA) is 49.7 Å². The molecule has 23 heavy (non-hydrogen) atoms. The molecule has 0 bridgehead atoms. The Labute approximate surface area is 141 Å². The van der Waals surface area contributed by atoms with Gasteiger partial charge in [0.2, 0.25) is 0 Å². The molecule has 6 heteroatoms. The van der Waals surface area contributed by atoms with Crippen LogP contribution in [0.3, 0.4) is 0 Å². The second-order valence-corrected chi connectivity index (χ2v) is 8.13. The van der Waals surface area contributed by atoms with Crippen LogP contribution in [0.1, 0.15) is 11.1 Å². The van der Waals surface area contributed by atoms with Gasteiger partial charge in [-0.3, -0.25) is 4.99 Å². The summed E-state index contributed by atoms with van der Waals surface area (Å²) in [4.78, 5) is 4.68. The third-order valence-electron chi connectivity index (χ3n) is 3.58. The predicted molar refractivity (Wildman–Crippen MR) is 95.1 cm³/mol. The number of aliphatic imine (C=N–C) groups is 1. The minimum absolute atomic E-state index is 0.311. The average molecular weight is 346 g/mol. The second-order valence-electron chi connectivity index (χ2n) is 5.33. The Morgan fingerprint density at radius 3 is 2.48 bits per heavy atom. The van der Waals surface area contributed by atoms with E-state index in [-0.39, 0.29) is 0 Å². The first kappa shape index (κ1) is 16.1. The van der Waals surface area contributed by atoms with Crippen molar-refractivity contribution in [2.45, 2.75) is 17.6 Å². The van der Waals surface area contributed by atoms with E-state index in [1.54, 1.807) is 24.3 Å². The SMILES string of the molecule is Cc1ccc(CSC2=NCCN2S(=O)(=O)c2ccccc2)cc1. The van der Waals surface area contributed by atoms with Gasteiger partial charge >= 0.3 is 0 Å². The Bertz CT molecular complexity index is 800. The molecule has 0 aliphatic carbocycles. The molecule has 2 aromatic rings. The lowest BCUT2D eigenvalue weighted by Crippen LogP contribution is -2.32. The van der Waals surface area contributed by atoms with Gasteiger partial charge in [0.15, 0.2) is 5.17 Å². The Morgan fingerprint density at radius 2 is 1.78 bits per heavy atom. The summed E-state index contributed by atoms with van der Waals surface area (Å²) in [5.41, 5.74) is 2.37. The molecule has 0 N–H and O–H groups in total. The maximum absolute atomic E-state index is 12.7. The van der Waals surface area contributed by atoms with Crippen LogP contribution in [0.2, 0.25) is 0 Å². The normalized spacial score (nSPS) is 14.8. The molecule has 0 unspecified atom stereocenters. The summed E-state index contributed by atoms with van der Waals surface area (Å²) in [5, 5.41) is 0.578. The van der Waals surface area contributed by atoms with Gasteiger partial charge in [0.05, 0.1) is 18.0 Å². The standard InChI is InChI=1S/C17H18N2O2S2/c1-14-7-9-15(10-8-14)13-22-17-18-11-12-19(17)23(20,21)16-5-3-2-4-6-16/h2-10H,11-13H2,1H3. The van der Waals surface area contributed by atoms with E-state index in [0.717, 1.165) is 5.56 Å². The van der Waals surface area contributed by atoms with Crippen molar-refractivity contribution in [2.75, 3.05) is 13.1 Å². The van der Waals surface area contributed by atoms with Crippen LogP contribution < -0.4 is 0 Å². The van der Waals surface area contributed by atoms with Gasteiger partial charge in [0, 0.05) is 5.75 Å². The molecule has 0 saturated heterocycles. The highest BCUT2D eigenvalue weighted by Gasteiger charge is 2.30. The Morgan fingerprint density at radius 1 is 1.09 bits per heavy atom. The lowest BCUT2D eigenvalue weighted by atomic mass is 10.2. The molecular weight excluding hydrogens is 328 g/mol. The van der Waals surface area contributed by atoms with Crippen LogP contribution in [0.5, 0.6) is 0 Å². The summed E-state index contributed by atoms with van der Waals surface area (Å²) in [6, 6.07) is 16.8. The third kappa shape index (κ3) is 3.59. The number of hydrogen-bond donors (Lipinski definition) is 0. The molecule has 3 rings (SSSR count). The van der Waals surface area contributed by atoms with Gasteiger partial charge < -0.3 is 0 Å². The fraction of sp³-hybridized carbons (Fsp3) is 0.235. The van der Waals surface area contributed by atoms with E-state index in [1.807, 2.05) is 13.0 Å². The van der Waals surface area contributed by atoms with E-state index in [9.17, 15) is 8.42 Å². The number of nitrogens with zero attached hydrogens (tertiary/aromatic N) is 2. The first-order valence-corrected chi connectivity index (χ1v) is 9.80. The zero-order valence-electron chi connectivity index (χ0n) is 12.8. The Balaban J connectivity index is 1.74. The first-order valence-electron chi connectivity index (χ1n) is 7.38. The molecular formula is C17H18N2O2S2. The fourth-order valence-electron chi connectivity index (χ4n) is 2.30. The van der Waals surface area contributed by atoms with Crippen molar-refractivity contribution in [3.05, 3.63) is 65.7 Å². The molecule has 1 aliphatic rings. The monoisotopic (exact) mass is 346 g/mol. The highest BCUT2D eigenvalue weighted by atomic mass is 32.2. The van der Waals surface area contributed by atoms with Crippen molar-refractivity contribution in [3.63, 3.8) is 0 Å². The molecule has 0 radical (unpaired) electrons. The molecule has 0 aromatic heterocycles. The number of benzene rings is 2. The molecule has 1 aliphatic heterocycles. The van der Waals surface area contributed by atoms with Crippen LogP contribution >= 0.6 is 11.8 Å². The molecule has 0 atom stereocenters. The molecule has 0 fully saturated rings. The van der Waals surface area contributed by atoms with E-state index in [1.165, 1.54) is 21.6 Å². The number of amidine groups is 1. The van der Waals surface area contributed by atoms with E-state index in [0.29, 0.717) is 28.9 Å². The van der Waals surface area contributed by atoms with Gasteiger partial charge in [0.1, 0.15) is 0 Å².